The van der Waals surface area contributed by atoms with E-state index >= 15 is 0 Å². The molecule has 3 amide bonds. The van der Waals surface area contributed by atoms with Crippen LogP contribution in [-0.2, 0) is 30.4 Å². The highest BCUT2D eigenvalue weighted by Gasteiger charge is 2.31. The van der Waals surface area contributed by atoms with E-state index in [9.17, 15) is 34.2 Å². The SMILES string of the molecule is NCCCCC(NC(=O)C(CCCN=C(N)N)NC(=O)C(CC(=O)O)NC(=O)C(N)Cc1c[nH]c2ccccc12)C(=O)O. The van der Waals surface area contributed by atoms with Gasteiger partial charge in [-0.1, -0.05) is 18.2 Å². The number of carboxylic acid groups (broad SMARTS) is 2. The molecule has 2 rings (SSSR count). The first-order valence-electron chi connectivity index (χ1n) is 13.8. The van der Waals surface area contributed by atoms with Gasteiger partial charge in [0.15, 0.2) is 5.96 Å². The van der Waals surface area contributed by atoms with Gasteiger partial charge in [0.25, 0.3) is 0 Å². The van der Waals surface area contributed by atoms with E-state index in [0.717, 1.165) is 16.5 Å². The topological polar surface area (TPSA) is 294 Å². The Morgan fingerprint density at radius 1 is 0.860 bits per heavy atom. The molecule has 16 heteroatoms. The molecular weight excluding hydrogens is 562 g/mol. The van der Waals surface area contributed by atoms with Crippen molar-refractivity contribution < 1.29 is 34.2 Å². The second kappa shape index (κ2) is 17.3. The summed E-state index contributed by atoms with van der Waals surface area (Å²) >= 11 is 0. The summed E-state index contributed by atoms with van der Waals surface area (Å²) in [6.07, 6.45) is 2.33. The highest BCUT2D eigenvalue weighted by atomic mass is 16.4. The summed E-state index contributed by atoms with van der Waals surface area (Å²) in [5, 5.41) is 27.0. The van der Waals surface area contributed by atoms with Crippen LogP contribution in [0, 0.1) is 0 Å². The summed E-state index contributed by atoms with van der Waals surface area (Å²) in [5.41, 5.74) is 23.8. The van der Waals surface area contributed by atoms with Gasteiger partial charge in [0.1, 0.15) is 18.1 Å². The number of carbonyl (C=O) groups is 5. The number of aromatic nitrogens is 1. The fourth-order valence-corrected chi connectivity index (χ4v) is 4.36. The van der Waals surface area contributed by atoms with Crippen LogP contribution >= 0.6 is 0 Å². The number of aliphatic carboxylic acids is 2. The van der Waals surface area contributed by atoms with E-state index in [2.05, 4.69) is 25.9 Å². The number of hydrogen-bond donors (Lipinski definition) is 10. The number of H-pyrrole nitrogens is 1. The predicted molar refractivity (Wildman–Crippen MR) is 158 cm³/mol. The lowest BCUT2D eigenvalue weighted by atomic mass is 10.0. The Morgan fingerprint density at radius 2 is 1.49 bits per heavy atom. The quantitative estimate of drug-likeness (QED) is 0.0487. The lowest BCUT2D eigenvalue weighted by Gasteiger charge is -2.24. The number of nitrogens with one attached hydrogen (secondary N) is 4. The number of aliphatic imine (C=N–C) groups is 1. The molecule has 14 N–H and O–H groups in total. The number of aromatic amines is 1. The minimum absolute atomic E-state index is 0.0166. The van der Waals surface area contributed by atoms with Crippen LogP contribution < -0.4 is 38.9 Å². The number of carboxylic acids is 2. The zero-order valence-corrected chi connectivity index (χ0v) is 23.8. The summed E-state index contributed by atoms with van der Waals surface area (Å²) < 4.78 is 0. The second-order valence-electron chi connectivity index (χ2n) is 10.0. The maximum Gasteiger partial charge on any atom is 0.326 e. The summed E-state index contributed by atoms with van der Waals surface area (Å²) in [7, 11) is 0. The third kappa shape index (κ3) is 11.6. The van der Waals surface area contributed by atoms with Crippen LogP contribution in [-0.4, -0.2) is 88.1 Å². The minimum atomic E-state index is -1.58. The molecule has 0 bridgehead atoms. The van der Waals surface area contributed by atoms with E-state index in [0.29, 0.717) is 19.4 Å². The fourth-order valence-electron chi connectivity index (χ4n) is 4.36. The fraction of sp³-hybridized carbons (Fsp3) is 0.481. The summed E-state index contributed by atoms with van der Waals surface area (Å²) in [4.78, 5) is 69.4. The minimum Gasteiger partial charge on any atom is -0.481 e. The van der Waals surface area contributed by atoms with Gasteiger partial charge in [-0.25, -0.2) is 4.79 Å². The van der Waals surface area contributed by atoms with Gasteiger partial charge in [-0.3, -0.25) is 24.2 Å². The van der Waals surface area contributed by atoms with Crippen molar-refractivity contribution in [3.05, 3.63) is 36.0 Å². The first-order valence-corrected chi connectivity index (χ1v) is 13.8. The number of rotatable bonds is 19. The number of fused-ring (bicyclic) bond motifs is 1. The van der Waals surface area contributed by atoms with Crippen LogP contribution in [0.5, 0.6) is 0 Å². The zero-order chi connectivity index (χ0) is 31.9. The number of amides is 3. The van der Waals surface area contributed by atoms with Crippen LogP contribution in [0.4, 0.5) is 0 Å². The maximum absolute atomic E-state index is 13.2. The molecule has 0 radical (unpaired) electrons. The molecule has 4 unspecified atom stereocenters. The van der Waals surface area contributed by atoms with Crippen LogP contribution in [0.15, 0.2) is 35.5 Å². The second-order valence-corrected chi connectivity index (χ2v) is 10.0. The van der Waals surface area contributed by atoms with E-state index in [-0.39, 0.29) is 38.2 Å². The number of nitrogens with two attached hydrogens (primary N) is 4. The van der Waals surface area contributed by atoms with Gasteiger partial charge < -0.3 is 54.1 Å². The van der Waals surface area contributed by atoms with Crippen molar-refractivity contribution in [1.29, 1.82) is 0 Å². The van der Waals surface area contributed by atoms with E-state index < -0.39 is 60.2 Å². The van der Waals surface area contributed by atoms with Crippen LogP contribution in [0.25, 0.3) is 10.9 Å². The van der Waals surface area contributed by atoms with E-state index in [1.54, 1.807) is 6.20 Å². The van der Waals surface area contributed by atoms with Crippen molar-refractivity contribution in [1.82, 2.24) is 20.9 Å². The molecular formula is C27H41N9O7. The van der Waals surface area contributed by atoms with Crippen molar-refractivity contribution in [2.24, 2.45) is 27.9 Å². The average Bonchev–Trinajstić information content (AvgIpc) is 3.35. The van der Waals surface area contributed by atoms with Crippen molar-refractivity contribution >= 4 is 46.5 Å². The molecule has 16 nitrogen and oxygen atoms in total. The van der Waals surface area contributed by atoms with Gasteiger partial charge in [-0.2, -0.15) is 0 Å². The molecule has 0 saturated carbocycles. The van der Waals surface area contributed by atoms with Gasteiger partial charge >= 0.3 is 11.9 Å². The van der Waals surface area contributed by atoms with Crippen molar-refractivity contribution in [2.45, 2.75) is 69.1 Å². The summed E-state index contributed by atoms with van der Waals surface area (Å²) in [6, 6.07) is 2.18. The first-order chi connectivity index (χ1) is 20.4. The number of benzene rings is 1. The molecule has 1 aromatic heterocycles. The monoisotopic (exact) mass is 603 g/mol. The molecule has 0 aliphatic carbocycles. The number of guanidine groups is 1. The molecule has 4 atom stereocenters. The molecule has 0 aliphatic rings. The first kappa shape index (κ1) is 34.5. The molecule has 1 aromatic carbocycles. The van der Waals surface area contributed by atoms with Crippen LogP contribution in [0.1, 0.15) is 44.1 Å². The van der Waals surface area contributed by atoms with Crippen molar-refractivity contribution in [3.8, 4) is 0 Å². The van der Waals surface area contributed by atoms with Gasteiger partial charge in [0, 0.05) is 23.6 Å². The Morgan fingerprint density at radius 3 is 2.14 bits per heavy atom. The summed E-state index contributed by atoms with van der Waals surface area (Å²) in [5.74, 6) is -5.38. The molecule has 1 heterocycles. The molecule has 0 fully saturated rings. The lowest BCUT2D eigenvalue weighted by Crippen LogP contribution is -2.57. The molecule has 236 valence electrons. The molecule has 2 aromatic rings. The Bertz CT molecular complexity index is 1290. The third-order valence-corrected chi connectivity index (χ3v) is 6.60. The van der Waals surface area contributed by atoms with E-state index in [1.807, 2.05) is 24.3 Å². The van der Waals surface area contributed by atoms with Gasteiger partial charge in [-0.05, 0) is 56.7 Å². The molecule has 0 aliphatic heterocycles. The standard InChI is InChI=1S/C27H41N9O7/c28-10-4-3-8-20(26(42)43)35-24(40)19(9-5-11-32-27(30)31)34-25(41)21(13-22(37)38)36-23(39)17(29)12-15-14-33-18-7-2-1-6-16(15)18/h1-2,6-7,14,17,19-21,33H,3-5,8-13,28-29H2,(H,34,41)(H,35,40)(H,36,39)(H,37,38)(H,42,43)(H4,30,31,32). The van der Waals surface area contributed by atoms with Gasteiger partial charge in [0.05, 0.1) is 12.5 Å². The van der Waals surface area contributed by atoms with E-state index in [4.69, 9.17) is 22.9 Å². The smallest absolute Gasteiger partial charge is 0.326 e. The molecule has 0 saturated heterocycles. The van der Waals surface area contributed by atoms with E-state index in [1.165, 1.54) is 0 Å². The molecule has 0 spiro atoms. The normalized spacial score (nSPS) is 13.7. The number of unbranched alkanes of at least 4 members (excludes halogenated alkanes) is 1. The highest BCUT2D eigenvalue weighted by Crippen LogP contribution is 2.19. The summed E-state index contributed by atoms with van der Waals surface area (Å²) in [6.45, 7) is 0.463. The lowest BCUT2D eigenvalue weighted by molar-refractivity contribution is -0.143. The van der Waals surface area contributed by atoms with Crippen molar-refractivity contribution in [3.63, 3.8) is 0 Å². The number of nitrogens with zero attached hydrogens (tertiary/aromatic N) is 1. The maximum atomic E-state index is 13.2. The van der Waals surface area contributed by atoms with Crippen LogP contribution in [0.3, 0.4) is 0 Å². The van der Waals surface area contributed by atoms with Crippen LogP contribution in [0.2, 0.25) is 0 Å². The Balaban J connectivity index is 2.15. The largest absolute Gasteiger partial charge is 0.481 e. The average molecular weight is 604 g/mol. The zero-order valence-electron chi connectivity index (χ0n) is 23.8. The number of carbonyl (C=O) groups excluding carboxylic acids is 3. The number of para-hydroxylation sites is 1. The third-order valence-electron chi connectivity index (χ3n) is 6.60. The number of hydrogen-bond acceptors (Lipinski definition) is 8. The van der Waals surface area contributed by atoms with Gasteiger partial charge in [0.2, 0.25) is 17.7 Å². The van der Waals surface area contributed by atoms with Gasteiger partial charge in [-0.15, -0.1) is 0 Å². The van der Waals surface area contributed by atoms with Crippen molar-refractivity contribution in [2.75, 3.05) is 13.1 Å². The highest BCUT2D eigenvalue weighted by molar-refractivity contribution is 5.96. The molecule has 43 heavy (non-hydrogen) atoms. The predicted octanol–water partition coefficient (Wildman–Crippen LogP) is -1.77. The Hall–Kier alpha value is -4.70. The Kier molecular flexibility index (Phi) is 13.9. The Labute approximate surface area is 248 Å².